The molecule has 1 aliphatic rings. The van der Waals surface area contributed by atoms with Gasteiger partial charge in [-0.25, -0.2) is 13.9 Å². The molecule has 130 valence electrons. The SMILES string of the molecule is CCOC(=O)C[n+]1c(N)n(CC[NH+]2CCCCC2)c2ccccc21. The van der Waals surface area contributed by atoms with Crippen LogP contribution in [-0.4, -0.2) is 36.8 Å². The first kappa shape index (κ1) is 16.8. The number of nitrogens with one attached hydrogen (secondary N) is 1. The van der Waals surface area contributed by atoms with E-state index in [1.54, 1.807) is 4.90 Å². The first-order valence-electron chi connectivity index (χ1n) is 8.96. The quantitative estimate of drug-likeness (QED) is 0.584. The van der Waals surface area contributed by atoms with Crippen molar-refractivity contribution in [2.75, 3.05) is 32.0 Å². The number of aromatic nitrogens is 2. The molecule has 3 rings (SSSR count). The van der Waals surface area contributed by atoms with Crippen LogP contribution in [0.2, 0.25) is 0 Å². The van der Waals surface area contributed by atoms with Crippen molar-refractivity contribution >= 4 is 23.0 Å². The number of fused-ring (bicyclic) bond motifs is 1. The molecule has 0 amide bonds. The van der Waals surface area contributed by atoms with Gasteiger partial charge < -0.3 is 9.64 Å². The number of rotatable bonds is 6. The van der Waals surface area contributed by atoms with Crippen molar-refractivity contribution in [3.05, 3.63) is 24.3 Å². The summed E-state index contributed by atoms with van der Waals surface area (Å²) in [6.07, 6.45) is 4.00. The van der Waals surface area contributed by atoms with Crippen LogP contribution in [0.3, 0.4) is 0 Å². The average Bonchev–Trinajstić information content (AvgIpc) is 2.86. The summed E-state index contributed by atoms with van der Waals surface area (Å²) in [5.74, 6) is 0.374. The zero-order chi connectivity index (χ0) is 16.9. The van der Waals surface area contributed by atoms with Gasteiger partial charge in [0.2, 0.25) is 0 Å². The lowest BCUT2D eigenvalue weighted by atomic mass is 10.1. The fourth-order valence-electron chi connectivity index (χ4n) is 3.62. The Morgan fingerprint density at radius 2 is 2.04 bits per heavy atom. The van der Waals surface area contributed by atoms with Crippen molar-refractivity contribution in [2.45, 2.75) is 39.3 Å². The minimum Gasteiger partial charge on any atom is -0.464 e. The summed E-state index contributed by atoms with van der Waals surface area (Å²) in [5.41, 5.74) is 8.45. The molecule has 0 unspecified atom stereocenters. The highest BCUT2D eigenvalue weighted by molar-refractivity contribution is 5.75. The van der Waals surface area contributed by atoms with Crippen molar-refractivity contribution in [1.82, 2.24) is 4.57 Å². The Morgan fingerprint density at radius 3 is 2.79 bits per heavy atom. The van der Waals surface area contributed by atoms with Crippen molar-refractivity contribution in [2.24, 2.45) is 0 Å². The molecule has 2 aromatic rings. The van der Waals surface area contributed by atoms with Crippen LogP contribution in [0.1, 0.15) is 26.2 Å². The number of likely N-dealkylation sites (tertiary alicyclic amines) is 1. The third-order valence-electron chi connectivity index (χ3n) is 4.86. The Hall–Kier alpha value is -2.08. The van der Waals surface area contributed by atoms with E-state index in [9.17, 15) is 4.79 Å². The lowest BCUT2D eigenvalue weighted by molar-refractivity contribution is -0.905. The van der Waals surface area contributed by atoms with E-state index in [4.69, 9.17) is 10.5 Å². The number of nitrogens with two attached hydrogens (primary N) is 1. The van der Waals surface area contributed by atoms with Gasteiger partial charge in [-0.2, -0.15) is 0 Å². The Kier molecular flexibility index (Phi) is 5.35. The Labute approximate surface area is 142 Å². The molecule has 6 nitrogen and oxygen atoms in total. The number of nitrogens with zero attached hydrogens (tertiary/aromatic N) is 2. The molecule has 0 aliphatic carbocycles. The molecule has 1 aliphatic heterocycles. The molecular formula is C18H28N4O2+2. The maximum atomic E-state index is 11.9. The number of esters is 1. The number of anilines is 1. The van der Waals surface area contributed by atoms with E-state index in [-0.39, 0.29) is 12.5 Å². The molecule has 6 heteroatoms. The summed E-state index contributed by atoms with van der Waals surface area (Å²) in [6.45, 7) is 6.81. The third-order valence-corrected chi connectivity index (χ3v) is 4.86. The zero-order valence-electron chi connectivity index (χ0n) is 14.5. The first-order chi connectivity index (χ1) is 11.7. The monoisotopic (exact) mass is 332 g/mol. The molecule has 1 aromatic carbocycles. The van der Waals surface area contributed by atoms with Crippen molar-refractivity contribution in [3.63, 3.8) is 0 Å². The fraction of sp³-hybridized carbons (Fsp3) is 0.556. The smallest absolute Gasteiger partial charge is 0.356 e. The molecule has 0 saturated carbocycles. The average molecular weight is 332 g/mol. The van der Waals surface area contributed by atoms with Gasteiger partial charge in [-0.15, -0.1) is 0 Å². The van der Waals surface area contributed by atoms with Gasteiger partial charge in [-0.3, -0.25) is 5.73 Å². The lowest BCUT2D eigenvalue weighted by Crippen LogP contribution is -3.13. The van der Waals surface area contributed by atoms with Crippen LogP contribution in [0.4, 0.5) is 5.95 Å². The van der Waals surface area contributed by atoms with Gasteiger partial charge in [0.25, 0.3) is 0 Å². The largest absolute Gasteiger partial charge is 0.464 e. The highest BCUT2D eigenvalue weighted by atomic mass is 16.5. The van der Waals surface area contributed by atoms with Crippen LogP contribution in [0.15, 0.2) is 24.3 Å². The number of hydrogen-bond acceptors (Lipinski definition) is 3. The van der Waals surface area contributed by atoms with Gasteiger partial charge in [0.15, 0.2) is 6.54 Å². The van der Waals surface area contributed by atoms with E-state index >= 15 is 0 Å². The summed E-state index contributed by atoms with van der Waals surface area (Å²) >= 11 is 0. The highest BCUT2D eigenvalue weighted by Gasteiger charge is 2.24. The number of carbonyl (C=O) groups is 1. The second-order valence-electron chi connectivity index (χ2n) is 6.45. The maximum Gasteiger partial charge on any atom is 0.356 e. The highest BCUT2D eigenvalue weighted by Crippen LogP contribution is 2.15. The molecule has 0 radical (unpaired) electrons. The van der Waals surface area contributed by atoms with Crippen molar-refractivity contribution < 1.29 is 19.0 Å². The number of piperidine rings is 1. The normalized spacial score (nSPS) is 15.7. The molecule has 24 heavy (non-hydrogen) atoms. The third kappa shape index (κ3) is 3.53. The standard InChI is InChI=1S/C18H26N4O2/c1-2-24-17(23)14-22-16-9-5-4-8-15(16)21(18(22)19)13-12-20-10-6-3-7-11-20/h4-5,8-9,19H,2-3,6-7,10-14H2,1H3/p+2. The van der Waals surface area contributed by atoms with E-state index < -0.39 is 0 Å². The number of benzene rings is 1. The number of carbonyl (C=O) groups excluding carboxylic acids is 1. The number of ether oxygens (including phenoxy) is 1. The lowest BCUT2D eigenvalue weighted by Gasteiger charge is -2.22. The Bertz CT molecular complexity index is 704. The summed E-state index contributed by atoms with van der Waals surface area (Å²) in [5, 5.41) is 0. The minimum atomic E-state index is -0.251. The summed E-state index contributed by atoms with van der Waals surface area (Å²) < 4.78 is 9.08. The molecule has 0 spiro atoms. The maximum absolute atomic E-state index is 11.9. The molecule has 1 aromatic heterocycles. The van der Waals surface area contributed by atoms with Gasteiger partial charge in [0.05, 0.1) is 19.7 Å². The number of para-hydroxylation sites is 2. The van der Waals surface area contributed by atoms with Crippen LogP contribution in [-0.2, 0) is 22.6 Å². The van der Waals surface area contributed by atoms with Crippen molar-refractivity contribution in [1.29, 1.82) is 0 Å². The van der Waals surface area contributed by atoms with Crippen LogP contribution in [0.25, 0.3) is 11.0 Å². The number of hydrogen-bond donors (Lipinski definition) is 2. The summed E-state index contributed by atoms with van der Waals surface area (Å²) in [7, 11) is 0. The fourth-order valence-corrected chi connectivity index (χ4v) is 3.62. The predicted octanol–water partition coefficient (Wildman–Crippen LogP) is 0.143. The molecule has 1 fully saturated rings. The molecule has 1 saturated heterocycles. The minimum absolute atomic E-state index is 0.157. The van der Waals surface area contributed by atoms with Gasteiger partial charge in [-0.05, 0) is 38.3 Å². The van der Waals surface area contributed by atoms with Crippen LogP contribution < -0.4 is 15.2 Å². The summed E-state index contributed by atoms with van der Waals surface area (Å²) in [6, 6.07) is 8.07. The van der Waals surface area contributed by atoms with E-state index in [2.05, 4.69) is 10.6 Å². The van der Waals surface area contributed by atoms with Crippen LogP contribution in [0.5, 0.6) is 0 Å². The number of nitrogen functional groups attached to an aromatic ring is 1. The topological polar surface area (TPSA) is 65.6 Å². The number of imidazole rings is 1. The molecule has 0 bridgehead atoms. The van der Waals surface area contributed by atoms with Crippen molar-refractivity contribution in [3.8, 4) is 0 Å². The van der Waals surface area contributed by atoms with E-state index in [0.717, 1.165) is 24.1 Å². The van der Waals surface area contributed by atoms with Gasteiger partial charge in [0, 0.05) is 0 Å². The first-order valence-corrected chi connectivity index (χ1v) is 8.96. The Morgan fingerprint density at radius 1 is 1.29 bits per heavy atom. The molecule has 2 heterocycles. The van der Waals surface area contributed by atoms with Gasteiger partial charge in [-0.1, -0.05) is 12.1 Å². The van der Waals surface area contributed by atoms with E-state index in [1.165, 1.54) is 32.4 Å². The predicted molar refractivity (Wildman–Crippen MR) is 92.6 cm³/mol. The molecule has 0 atom stereocenters. The summed E-state index contributed by atoms with van der Waals surface area (Å²) in [4.78, 5) is 13.6. The van der Waals surface area contributed by atoms with Crippen LogP contribution in [0, 0.1) is 0 Å². The van der Waals surface area contributed by atoms with Gasteiger partial charge in [0.1, 0.15) is 24.1 Å². The second-order valence-corrected chi connectivity index (χ2v) is 6.45. The zero-order valence-corrected chi connectivity index (χ0v) is 14.5. The number of quaternary nitrogens is 1. The van der Waals surface area contributed by atoms with Crippen LogP contribution >= 0.6 is 0 Å². The van der Waals surface area contributed by atoms with E-state index in [1.807, 2.05) is 29.7 Å². The second kappa shape index (κ2) is 7.66. The van der Waals surface area contributed by atoms with Gasteiger partial charge >= 0.3 is 11.9 Å². The molecular weight excluding hydrogens is 304 g/mol. The van der Waals surface area contributed by atoms with E-state index in [0.29, 0.717) is 12.6 Å². The molecule has 3 N–H and O–H groups in total. The Balaban J connectivity index is 1.84.